The summed E-state index contributed by atoms with van der Waals surface area (Å²) in [6.45, 7) is 0.378. The number of carbonyl (C=O) groups excluding carboxylic acids is 1. The van der Waals surface area contributed by atoms with Gasteiger partial charge < -0.3 is 19.2 Å². The van der Waals surface area contributed by atoms with Crippen LogP contribution in [-0.4, -0.2) is 48.3 Å². The second-order valence-corrected chi connectivity index (χ2v) is 4.34. The van der Waals surface area contributed by atoms with Crippen molar-refractivity contribution < 1.29 is 19.1 Å². The molecule has 94 valence electrons. The second-order valence-electron chi connectivity index (χ2n) is 4.00. The molecule has 1 N–H and O–H groups in total. The van der Waals surface area contributed by atoms with Crippen molar-refractivity contribution in [1.82, 2.24) is 4.90 Å². The molecule has 0 bridgehead atoms. The highest BCUT2D eigenvalue weighted by molar-refractivity contribution is 6.32. The van der Waals surface area contributed by atoms with E-state index in [0.717, 1.165) is 0 Å². The number of rotatable bonds is 3. The zero-order valence-corrected chi connectivity index (χ0v) is 10.2. The number of methoxy groups -OCH3 is 1. The summed E-state index contributed by atoms with van der Waals surface area (Å²) < 4.78 is 10.1. The molecule has 1 aliphatic rings. The maximum absolute atomic E-state index is 12.2. The van der Waals surface area contributed by atoms with Gasteiger partial charge in [0.2, 0.25) is 5.22 Å². The van der Waals surface area contributed by atoms with Gasteiger partial charge in [0, 0.05) is 13.7 Å². The Morgan fingerprint density at radius 2 is 2.53 bits per heavy atom. The zero-order valence-electron chi connectivity index (χ0n) is 9.43. The van der Waals surface area contributed by atoms with Crippen LogP contribution in [0.1, 0.15) is 16.8 Å². The monoisotopic (exact) mass is 259 g/mol. The highest BCUT2D eigenvalue weighted by atomic mass is 35.5. The highest BCUT2D eigenvalue weighted by Gasteiger charge is 2.36. The standard InChI is InChI=1S/C11H14ClNO4/c1-16-8-4-7(6-14)13(5-8)11(15)9-2-3-17-10(9)12/h2-3,7-8,14H,4-6H2,1H3/t7-,8+/m0/s1. The molecule has 0 unspecified atom stereocenters. The normalized spacial score (nSPS) is 24.3. The minimum Gasteiger partial charge on any atom is -0.452 e. The molecule has 0 radical (unpaired) electrons. The van der Waals surface area contributed by atoms with Crippen LogP contribution < -0.4 is 0 Å². The van der Waals surface area contributed by atoms with Crippen LogP contribution in [0.15, 0.2) is 16.7 Å². The molecule has 1 aliphatic heterocycles. The van der Waals surface area contributed by atoms with Gasteiger partial charge in [-0.25, -0.2) is 0 Å². The van der Waals surface area contributed by atoms with Crippen molar-refractivity contribution in [3.8, 4) is 0 Å². The lowest BCUT2D eigenvalue weighted by molar-refractivity contribution is 0.0647. The molecule has 0 spiro atoms. The van der Waals surface area contributed by atoms with Gasteiger partial charge in [-0.3, -0.25) is 4.79 Å². The number of carbonyl (C=O) groups is 1. The van der Waals surface area contributed by atoms with E-state index in [4.69, 9.17) is 20.8 Å². The maximum Gasteiger partial charge on any atom is 0.259 e. The van der Waals surface area contributed by atoms with Crippen LogP contribution in [0, 0.1) is 0 Å². The fourth-order valence-electron chi connectivity index (χ4n) is 2.07. The number of aliphatic hydroxyl groups excluding tert-OH is 1. The number of halogens is 1. The Hall–Kier alpha value is -1.04. The molecule has 0 saturated carbocycles. The van der Waals surface area contributed by atoms with Gasteiger partial charge in [0.1, 0.15) is 0 Å². The van der Waals surface area contributed by atoms with Crippen molar-refractivity contribution in [3.05, 3.63) is 23.1 Å². The van der Waals surface area contributed by atoms with Crippen molar-refractivity contribution in [2.45, 2.75) is 18.6 Å². The molecule has 0 aliphatic carbocycles. The van der Waals surface area contributed by atoms with Gasteiger partial charge in [0.05, 0.1) is 30.6 Å². The van der Waals surface area contributed by atoms with Crippen LogP contribution in [0.5, 0.6) is 0 Å². The summed E-state index contributed by atoms with van der Waals surface area (Å²) >= 11 is 5.77. The first-order valence-electron chi connectivity index (χ1n) is 5.35. The number of aliphatic hydroxyl groups is 1. The minimum atomic E-state index is -0.234. The van der Waals surface area contributed by atoms with Gasteiger partial charge in [0.25, 0.3) is 5.91 Å². The lowest BCUT2D eigenvalue weighted by Gasteiger charge is -2.22. The fourth-order valence-corrected chi connectivity index (χ4v) is 2.26. The van der Waals surface area contributed by atoms with E-state index >= 15 is 0 Å². The summed E-state index contributed by atoms with van der Waals surface area (Å²) in [5.41, 5.74) is 0.321. The van der Waals surface area contributed by atoms with Crippen molar-refractivity contribution in [1.29, 1.82) is 0 Å². The SMILES string of the molecule is CO[C@@H]1C[C@@H](CO)N(C(=O)c2ccoc2Cl)C1. The number of amides is 1. The number of ether oxygens (including phenoxy) is 1. The molecule has 1 fully saturated rings. The topological polar surface area (TPSA) is 62.9 Å². The molecule has 6 heteroatoms. The second kappa shape index (κ2) is 5.08. The Morgan fingerprint density at radius 1 is 1.76 bits per heavy atom. The molecule has 17 heavy (non-hydrogen) atoms. The van der Waals surface area contributed by atoms with Gasteiger partial charge >= 0.3 is 0 Å². The third-order valence-electron chi connectivity index (χ3n) is 3.03. The lowest BCUT2D eigenvalue weighted by Crippen LogP contribution is -2.38. The van der Waals surface area contributed by atoms with E-state index in [-0.39, 0.29) is 29.9 Å². The van der Waals surface area contributed by atoms with E-state index in [1.165, 1.54) is 12.3 Å². The number of hydrogen-bond donors (Lipinski definition) is 1. The van der Waals surface area contributed by atoms with Gasteiger partial charge in [-0.1, -0.05) is 0 Å². The molecule has 0 aromatic carbocycles. The van der Waals surface area contributed by atoms with Crippen molar-refractivity contribution in [2.24, 2.45) is 0 Å². The first-order valence-corrected chi connectivity index (χ1v) is 5.72. The molecule has 1 saturated heterocycles. The summed E-state index contributed by atoms with van der Waals surface area (Å²) in [4.78, 5) is 13.7. The highest BCUT2D eigenvalue weighted by Crippen LogP contribution is 2.25. The zero-order chi connectivity index (χ0) is 12.4. The molecule has 2 atom stereocenters. The lowest BCUT2D eigenvalue weighted by atomic mass is 10.2. The van der Waals surface area contributed by atoms with Gasteiger partial charge in [-0.15, -0.1) is 0 Å². The van der Waals surface area contributed by atoms with Gasteiger partial charge in [-0.2, -0.15) is 0 Å². The third kappa shape index (κ3) is 2.31. The summed E-state index contributed by atoms with van der Waals surface area (Å²) in [5.74, 6) is -0.234. The Kier molecular flexibility index (Phi) is 3.71. The molecule has 2 heterocycles. The van der Waals surface area contributed by atoms with E-state index in [2.05, 4.69) is 0 Å². The van der Waals surface area contributed by atoms with Crippen molar-refractivity contribution in [2.75, 3.05) is 20.3 Å². The Morgan fingerprint density at radius 3 is 3.06 bits per heavy atom. The number of likely N-dealkylation sites (tertiary alicyclic amines) is 1. The largest absolute Gasteiger partial charge is 0.452 e. The van der Waals surface area contributed by atoms with Gasteiger partial charge in [0.15, 0.2) is 0 Å². The summed E-state index contributed by atoms with van der Waals surface area (Å²) in [6, 6.07) is 1.30. The number of furan rings is 1. The van der Waals surface area contributed by atoms with Crippen LogP contribution in [0.3, 0.4) is 0 Å². The Balaban J connectivity index is 2.16. The molecular formula is C11H14ClNO4. The predicted octanol–water partition coefficient (Wildman–Crippen LogP) is 1.15. The Labute approximate surface area is 104 Å². The quantitative estimate of drug-likeness (QED) is 0.885. The maximum atomic E-state index is 12.2. The third-order valence-corrected chi connectivity index (χ3v) is 3.32. The average molecular weight is 260 g/mol. The summed E-state index contributed by atoms with van der Waals surface area (Å²) in [6.07, 6.45) is 1.96. The predicted molar refractivity (Wildman–Crippen MR) is 61.0 cm³/mol. The Bertz CT molecular complexity index is 406. The van der Waals surface area contributed by atoms with E-state index < -0.39 is 0 Å². The van der Waals surface area contributed by atoms with Crippen LogP contribution in [0.25, 0.3) is 0 Å². The minimum absolute atomic E-state index is 0.0400. The molecular weight excluding hydrogens is 246 g/mol. The first-order chi connectivity index (χ1) is 8.17. The van der Waals surface area contributed by atoms with Crippen LogP contribution in [0.2, 0.25) is 5.22 Å². The van der Waals surface area contributed by atoms with E-state index in [1.54, 1.807) is 12.0 Å². The molecule has 1 aromatic rings. The summed E-state index contributed by atoms with van der Waals surface area (Å²) in [7, 11) is 1.60. The van der Waals surface area contributed by atoms with Crippen LogP contribution >= 0.6 is 11.6 Å². The first kappa shape index (κ1) is 12.4. The van der Waals surface area contributed by atoms with Crippen molar-refractivity contribution >= 4 is 17.5 Å². The van der Waals surface area contributed by atoms with Crippen molar-refractivity contribution in [3.63, 3.8) is 0 Å². The summed E-state index contributed by atoms with van der Waals surface area (Å²) in [5, 5.41) is 9.34. The van der Waals surface area contributed by atoms with E-state index in [0.29, 0.717) is 18.5 Å². The molecule has 1 amide bonds. The van der Waals surface area contributed by atoms with Crippen LogP contribution in [0.4, 0.5) is 0 Å². The molecule has 1 aromatic heterocycles. The van der Waals surface area contributed by atoms with Gasteiger partial charge in [-0.05, 0) is 24.1 Å². The fraction of sp³-hybridized carbons (Fsp3) is 0.545. The molecule has 2 rings (SSSR count). The van der Waals surface area contributed by atoms with E-state index in [1.807, 2.05) is 0 Å². The number of nitrogens with zero attached hydrogens (tertiary/aromatic N) is 1. The average Bonchev–Trinajstić information content (AvgIpc) is 2.93. The number of hydrogen-bond acceptors (Lipinski definition) is 4. The van der Waals surface area contributed by atoms with E-state index in [9.17, 15) is 9.90 Å². The smallest absolute Gasteiger partial charge is 0.259 e. The van der Waals surface area contributed by atoms with Crippen LogP contribution in [-0.2, 0) is 4.74 Å². The molecule has 5 nitrogen and oxygen atoms in total.